The number of benzene rings is 1. The summed E-state index contributed by atoms with van der Waals surface area (Å²) in [5.41, 5.74) is 4.01. The number of nitrogens with one attached hydrogen (secondary N) is 1. The number of hydrogen-bond acceptors (Lipinski definition) is 2. The van der Waals surface area contributed by atoms with Gasteiger partial charge in [0.25, 0.3) is 0 Å². The number of piperidine rings is 1. The van der Waals surface area contributed by atoms with E-state index < -0.39 is 0 Å². The van der Waals surface area contributed by atoms with Crippen molar-refractivity contribution in [3.05, 3.63) is 28.8 Å². The van der Waals surface area contributed by atoms with E-state index in [0.29, 0.717) is 6.04 Å². The summed E-state index contributed by atoms with van der Waals surface area (Å²) in [5, 5.41) is 3.60. The second-order valence-corrected chi connectivity index (χ2v) is 4.68. The van der Waals surface area contributed by atoms with Gasteiger partial charge < -0.3 is 10.1 Å². The van der Waals surface area contributed by atoms with Crippen molar-refractivity contribution in [1.82, 2.24) is 5.32 Å². The Bertz CT molecular complexity index is 367. The van der Waals surface area contributed by atoms with Crippen molar-refractivity contribution in [3.8, 4) is 5.75 Å². The van der Waals surface area contributed by atoms with Crippen LogP contribution in [0.15, 0.2) is 12.1 Å². The van der Waals surface area contributed by atoms with Gasteiger partial charge in [0.1, 0.15) is 5.75 Å². The fraction of sp³-hybridized carbons (Fsp3) is 0.571. The molecule has 1 aromatic rings. The smallest absolute Gasteiger partial charge is 0.122 e. The highest BCUT2D eigenvalue weighted by Crippen LogP contribution is 2.30. The SMILES string of the molecule is COc1cc(C)c(C2CCCCN2)cc1C. The summed E-state index contributed by atoms with van der Waals surface area (Å²) in [6.45, 7) is 5.44. The van der Waals surface area contributed by atoms with E-state index in [4.69, 9.17) is 4.74 Å². The number of ether oxygens (including phenoxy) is 1. The standard InChI is InChI=1S/C14H21NO/c1-10-9-14(16-3)11(2)8-12(10)13-6-4-5-7-15-13/h8-9,13,15H,4-7H2,1-3H3. The molecule has 2 rings (SSSR count). The first-order valence-corrected chi connectivity index (χ1v) is 6.11. The van der Waals surface area contributed by atoms with Crippen LogP contribution in [0.3, 0.4) is 0 Å². The molecular weight excluding hydrogens is 198 g/mol. The molecule has 88 valence electrons. The average molecular weight is 219 g/mol. The molecule has 16 heavy (non-hydrogen) atoms. The van der Waals surface area contributed by atoms with E-state index in [0.717, 1.165) is 12.3 Å². The summed E-state index contributed by atoms with van der Waals surface area (Å²) in [6.07, 6.45) is 3.90. The second-order valence-electron chi connectivity index (χ2n) is 4.68. The molecule has 1 heterocycles. The van der Waals surface area contributed by atoms with E-state index in [1.54, 1.807) is 7.11 Å². The third-order valence-electron chi connectivity index (χ3n) is 3.47. The number of aryl methyl sites for hydroxylation is 2. The average Bonchev–Trinajstić information content (AvgIpc) is 2.32. The zero-order chi connectivity index (χ0) is 11.5. The first kappa shape index (κ1) is 11.5. The predicted octanol–water partition coefficient (Wildman–Crippen LogP) is 3.13. The normalized spacial score (nSPS) is 20.8. The van der Waals surface area contributed by atoms with Crippen LogP contribution in [0.4, 0.5) is 0 Å². The molecule has 0 bridgehead atoms. The van der Waals surface area contributed by atoms with Crippen LogP contribution in [-0.2, 0) is 0 Å². The molecular formula is C14H21NO. The Morgan fingerprint density at radius 2 is 2.00 bits per heavy atom. The molecule has 0 radical (unpaired) electrons. The van der Waals surface area contributed by atoms with Gasteiger partial charge in [-0.15, -0.1) is 0 Å². The van der Waals surface area contributed by atoms with Gasteiger partial charge in [-0.05, 0) is 56.0 Å². The molecule has 2 nitrogen and oxygen atoms in total. The van der Waals surface area contributed by atoms with Gasteiger partial charge in [-0.1, -0.05) is 12.5 Å². The Morgan fingerprint density at radius 3 is 2.62 bits per heavy atom. The summed E-state index contributed by atoms with van der Waals surface area (Å²) < 4.78 is 5.35. The molecule has 1 unspecified atom stereocenters. The number of hydrogen-bond donors (Lipinski definition) is 1. The molecule has 1 fully saturated rings. The Labute approximate surface area is 98.0 Å². The maximum atomic E-state index is 5.35. The zero-order valence-electron chi connectivity index (χ0n) is 10.5. The van der Waals surface area contributed by atoms with Gasteiger partial charge in [0, 0.05) is 6.04 Å². The molecule has 2 heteroatoms. The molecule has 0 amide bonds. The van der Waals surface area contributed by atoms with Crippen molar-refractivity contribution in [2.45, 2.75) is 39.2 Å². The molecule has 0 aliphatic carbocycles. The number of methoxy groups -OCH3 is 1. The van der Waals surface area contributed by atoms with Gasteiger partial charge in [-0.3, -0.25) is 0 Å². The molecule has 0 saturated carbocycles. The fourth-order valence-corrected chi connectivity index (χ4v) is 2.52. The van der Waals surface area contributed by atoms with E-state index >= 15 is 0 Å². The van der Waals surface area contributed by atoms with Crippen LogP contribution in [-0.4, -0.2) is 13.7 Å². The highest BCUT2D eigenvalue weighted by Gasteiger charge is 2.17. The Kier molecular flexibility index (Phi) is 3.49. The van der Waals surface area contributed by atoms with Crippen molar-refractivity contribution < 1.29 is 4.74 Å². The highest BCUT2D eigenvalue weighted by molar-refractivity contribution is 5.42. The molecule has 1 N–H and O–H groups in total. The Morgan fingerprint density at radius 1 is 1.19 bits per heavy atom. The van der Waals surface area contributed by atoms with Gasteiger partial charge in [0.05, 0.1) is 7.11 Å². The highest BCUT2D eigenvalue weighted by atomic mass is 16.5. The van der Waals surface area contributed by atoms with E-state index in [1.807, 2.05) is 0 Å². The molecule has 0 aromatic heterocycles. The van der Waals surface area contributed by atoms with Gasteiger partial charge in [0.2, 0.25) is 0 Å². The lowest BCUT2D eigenvalue weighted by Crippen LogP contribution is -2.27. The van der Waals surface area contributed by atoms with Crippen molar-refractivity contribution in [3.63, 3.8) is 0 Å². The minimum atomic E-state index is 0.540. The Hall–Kier alpha value is -1.02. The lowest BCUT2D eigenvalue weighted by atomic mass is 9.92. The number of rotatable bonds is 2. The summed E-state index contributed by atoms with van der Waals surface area (Å²) in [6, 6.07) is 4.97. The van der Waals surface area contributed by atoms with E-state index in [1.165, 1.54) is 36.0 Å². The van der Waals surface area contributed by atoms with Crippen molar-refractivity contribution >= 4 is 0 Å². The van der Waals surface area contributed by atoms with Crippen LogP contribution >= 0.6 is 0 Å². The minimum absolute atomic E-state index is 0.540. The lowest BCUT2D eigenvalue weighted by molar-refractivity contribution is 0.402. The lowest BCUT2D eigenvalue weighted by Gasteiger charge is -2.26. The first-order valence-electron chi connectivity index (χ1n) is 6.11. The molecule has 1 saturated heterocycles. The van der Waals surface area contributed by atoms with Gasteiger partial charge >= 0.3 is 0 Å². The van der Waals surface area contributed by atoms with Crippen molar-refractivity contribution in [1.29, 1.82) is 0 Å². The van der Waals surface area contributed by atoms with E-state index in [9.17, 15) is 0 Å². The van der Waals surface area contributed by atoms with Crippen LogP contribution in [0.5, 0.6) is 5.75 Å². The van der Waals surface area contributed by atoms with E-state index in [2.05, 4.69) is 31.3 Å². The van der Waals surface area contributed by atoms with Crippen LogP contribution in [0.25, 0.3) is 0 Å². The molecule has 0 spiro atoms. The topological polar surface area (TPSA) is 21.3 Å². The van der Waals surface area contributed by atoms with Crippen molar-refractivity contribution in [2.75, 3.05) is 13.7 Å². The Balaban J connectivity index is 2.29. The van der Waals surface area contributed by atoms with Gasteiger partial charge in [-0.2, -0.15) is 0 Å². The molecule has 1 atom stereocenters. The monoisotopic (exact) mass is 219 g/mol. The van der Waals surface area contributed by atoms with Gasteiger partial charge in [-0.25, -0.2) is 0 Å². The maximum Gasteiger partial charge on any atom is 0.122 e. The third kappa shape index (κ3) is 2.22. The third-order valence-corrected chi connectivity index (χ3v) is 3.47. The van der Waals surface area contributed by atoms with Gasteiger partial charge in [0.15, 0.2) is 0 Å². The largest absolute Gasteiger partial charge is 0.496 e. The fourth-order valence-electron chi connectivity index (χ4n) is 2.52. The summed E-state index contributed by atoms with van der Waals surface area (Å²) >= 11 is 0. The quantitative estimate of drug-likeness (QED) is 0.825. The first-order chi connectivity index (χ1) is 7.72. The van der Waals surface area contributed by atoms with Crippen LogP contribution in [0, 0.1) is 13.8 Å². The van der Waals surface area contributed by atoms with E-state index in [-0.39, 0.29) is 0 Å². The predicted molar refractivity (Wildman–Crippen MR) is 67.1 cm³/mol. The van der Waals surface area contributed by atoms with Crippen molar-refractivity contribution in [2.24, 2.45) is 0 Å². The summed E-state index contributed by atoms with van der Waals surface area (Å²) in [5.74, 6) is 0.997. The summed E-state index contributed by atoms with van der Waals surface area (Å²) in [4.78, 5) is 0. The summed E-state index contributed by atoms with van der Waals surface area (Å²) in [7, 11) is 1.74. The van der Waals surface area contributed by atoms with Crippen LogP contribution in [0.2, 0.25) is 0 Å². The maximum absolute atomic E-state index is 5.35. The zero-order valence-corrected chi connectivity index (χ0v) is 10.5. The van der Waals surface area contributed by atoms with Crippen LogP contribution < -0.4 is 10.1 Å². The molecule has 1 aliphatic rings. The second kappa shape index (κ2) is 4.88. The molecule has 1 aliphatic heterocycles. The van der Waals surface area contributed by atoms with Crippen LogP contribution in [0.1, 0.15) is 42.0 Å². The molecule has 1 aromatic carbocycles. The minimum Gasteiger partial charge on any atom is -0.496 e.